The second-order valence-electron chi connectivity index (χ2n) is 9.17. The van der Waals surface area contributed by atoms with Crippen LogP contribution in [0.4, 0.5) is 0 Å². The van der Waals surface area contributed by atoms with Gasteiger partial charge in [0.15, 0.2) is 17.0 Å². The van der Waals surface area contributed by atoms with E-state index in [-0.39, 0.29) is 5.56 Å². The minimum absolute atomic E-state index is 0.340. The average molecular weight is 473 g/mol. The minimum atomic E-state index is -0.394. The first-order valence-electron chi connectivity index (χ1n) is 11.7. The van der Waals surface area contributed by atoms with E-state index in [0.717, 1.165) is 27.9 Å². The molecule has 0 amide bonds. The summed E-state index contributed by atoms with van der Waals surface area (Å²) in [5.41, 5.74) is 2.10. The van der Waals surface area contributed by atoms with Crippen molar-refractivity contribution < 1.29 is 4.74 Å². The van der Waals surface area contributed by atoms with Crippen LogP contribution in [0.5, 0.6) is 5.75 Å². The number of hydrogen-bond donors (Lipinski definition) is 0. The van der Waals surface area contributed by atoms with E-state index >= 15 is 0 Å². The Morgan fingerprint density at radius 1 is 0.914 bits per heavy atom. The van der Waals surface area contributed by atoms with Gasteiger partial charge in [0, 0.05) is 26.2 Å². The Balaban J connectivity index is 1.61. The number of fused-ring (bicyclic) bond motifs is 3. The highest BCUT2D eigenvalue weighted by Crippen LogP contribution is 2.26. The molecule has 0 spiro atoms. The van der Waals surface area contributed by atoms with Crippen LogP contribution in [0.2, 0.25) is 0 Å². The van der Waals surface area contributed by atoms with Crippen LogP contribution >= 0.6 is 0 Å². The standard InChI is InChI=1S/C26H28N6O3/c1-17(2)14-15-31-21-23(29(3)26(34)30(4)24(21)33)32-22(27-28-25(31)32)19-10-12-20(13-11-19)35-16-18-8-6-5-7-9-18/h5-13,17H,14-16H2,1-4H3. The van der Waals surface area contributed by atoms with Crippen LogP contribution in [0.3, 0.4) is 0 Å². The monoisotopic (exact) mass is 472 g/mol. The van der Waals surface area contributed by atoms with Crippen molar-refractivity contribution in [2.75, 3.05) is 0 Å². The molecule has 9 nitrogen and oxygen atoms in total. The summed E-state index contributed by atoms with van der Waals surface area (Å²) in [5.74, 6) is 2.28. The van der Waals surface area contributed by atoms with Gasteiger partial charge in [-0.05, 0) is 42.2 Å². The maximum atomic E-state index is 13.2. The third kappa shape index (κ3) is 3.92. The van der Waals surface area contributed by atoms with Crippen molar-refractivity contribution in [2.24, 2.45) is 20.0 Å². The molecule has 0 aliphatic rings. The Bertz CT molecular complexity index is 1620. The zero-order valence-corrected chi connectivity index (χ0v) is 20.3. The molecular weight excluding hydrogens is 444 g/mol. The fraction of sp³-hybridized carbons (Fsp3) is 0.308. The van der Waals surface area contributed by atoms with Crippen molar-refractivity contribution in [3.05, 3.63) is 81.0 Å². The Morgan fingerprint density at radius 3 is 2.31 bits per heavy atom. The van der Waals surface area contributed by atoms with Crippen molar-refractivity contribution in [3.63, 3.8) is 0 Å². The molecule has 3 aromatic heterocycles. The second kappa shape index (κ2) is 8.90. The summed E-state index contributed by atoms with van der Waals surface area (Å²) in [7, 11) is 3.17. The SMILES string of the molecule is CC(C)CCn1c2c(=O)n(C)c(=O)n(C)c2n2c(-c3ccc(OCc4ccccc4)cc3)nnc12. The summed E-state index contributed by atoms with van der Waals surface area (Å²) < 4.78 is 12.2. The number of hydrogen-bond acceptors (Lipinski definition) is 5. The van der Waals surface area contributed by atoms with Gasteiger partial charge in [0.05, 0.1) is 0 Å². The first-order chi connectivity index (χ1) is 16.9. The molecule has 0 aliphatic heterocycles. The summed E-state index contributed by atoms with van der Waals surface area (Å²) in [6.07, 6.45) is 0.862. The van der Waals surface area contributed by atoms with Crippen LogP contribution in [0.15, 0.2) is 64.2 Å². The highest BCUT2D eigenvalue weighted by molar-refractivity contribution is 5.79. The maximum absolute atomic E-state index is 13.2. The Morgan fingerprint density at radius 2 is 1.63 bits per heavy atom. The molecular formula is C26H28N6O3. The lowest BCUT2D eigenvalue weighted by molar-refractivity contribution is 0.306. The fourth-order valence-corrected chi connectivity index (χ4v) is 4.28. The van der Waals surface area contributed by atoms with Gasteiger partial charge in [-0.15, -0.1) is 10.2 Å². The summed E-state index contributed by atoms with van der Waals surface area (Å²) >= 11 is 0. The van der Waals surface area contributed by atoms with Gasteiger partial charge in [-0.25, -0.2) is 9.20 Å². The van der Waals surface area contributed by atoms with Gasteiger partial charge in [-0.3, -0.25) is 13.9 Å². The van der Waals surface area contributed by atoms with Crippen LogP contribution < -0.4 is 16.0 Å². The highest BCUT2D eigenvalue weighted by Gasteiger charge is 2.24. The summed E-state index contributed by atoms with van der Waals surface area (Å²) in [6.45, 7) is 5.34. The van der Waals surface area contributed by atoms with Crippen molar-refractivity contribution in [3.8, 4) is 17.1 Å². The third-order valence-electron chi connectivity index (χ3n) is 6.27. The molecule has 2 aromatic carbocycles. The summed E-state index contributed by atoms with van der Waals surface area (Å²) in [4.78, 5) is 25.9. The van der Waals surface area contributed by atoms with Gasteiger partial charge < -0.3 is 9.30 Å². The first-order valence-corrected chi connectivity index (χ1v) is 11.7. The lowest BCUT2D eigenvalue weighted by Crippen LogP contribution is -2.37. The maximum Gasteiger partial charge on any atom is 0.332 e. The highest BCUT2D eigenvalue weighted by atomic mass is 16.5. The normalized spacial score (nSPS) is 11.7. The number of nitrogens with zero attached hydrogens (tertiary/aromatic N) is 6. The quantitative estimate of drug-likeness (QED) is 0.362. The average Bonchev–Trinajstić information content (AvgIpc) is 3.43. The van der Waals surface area contributed by atoms with E-state index in [0.29, 0.717) is 41.8 Å². The molecule has 0 radical (unpaired) electrons. The number of rotatable bonds is 7. The zero-order chi connectivity index (χ0) is 24.7. The summed E-state index contributed by atoms with van der Waals surface area (Å²) in [6, 6.07) is 17.6. The second-order valence-corrected chi connectivity index (χ2v) is 9.17. The van der Waals surface area contributed by atoms with Gasteiger partial charge in [0.25, 0.3) is 5.56 Å². The van der Waals surface area contributed by atoms with Gasteiger partial charge in [-0.2, -0.15) is 0 Å². The van der Waals surface area contributed by atoms with Gasteiger partial charge in [0.2, 0.25) is 5.78 Å². The van der Waals surface area contributed by atoms with Crippen molar-refractivity contribution in [1.29, 1.82) is 0 Å². The van der Waals surface area contributed by atoms with E-state index in [9.17, 15) is 9.59 Å². The predicted molar refractivity (Wildman–Crippen MR) is 135 cm³/mol. The minimum Gasteiger partial charge on any atom is -0.489 e. The van der Waals surface area contributed by atoms with Gasteiger partial charge in [-0.1, -0.05) is 44.2 Å². The van der Waals surface area contributed by atoms with Crippen LogP contribution in [0, 0.1) is 5.92 Å². The van der Waals surface area contributed by atoms with Crippen LogP contribution in [0.1, 0.15) is 25.8 Å². The van der Waals surface area contributed by atoms with Crippen molar-refractivity contribution >= 4 is 16.9 Å². The van der Waals surface area contributed by atoms with E-state index in [4.69, 9.17) is 4.74 Å². The molecule has 0 N–H and O–H groups in total. The molecule has 5 rings (SSSR count). The lowest BCUT2D eigenvalue weighted by Gasteiger charge is -2.09. The van der Waals surface area contributed by atoms with E-state index < -0.39 is 5.69 Å². The molecule has 0 aliphatic carbocycles. The molecule has 180 valence electrons. The molecule has 0 saturated carbocycles. The van der Waals surface area contributed by atoms with E-state index in [1.807, 2.05) is 59.2 Å². The molecule has 0 unspecified atom stereocenters. The van der Waals surface area contributed by atoms with E-state index in [2.05, 4.69) is 24.0 Å². The smallest absolute Gasteiger partial charge is 0.332 e. The molecule has 0 bridgehead atoms. The van der Waals surface area contributed by atoms with Gasteiger partial charge >= 0.3 is 5.69 Å². The number of aryl methyl sites for hydroxylation is 2. The molecule has 5 aromatic rings. The predicted octanol–water partition coefficient (Wildman–Crippen LogP) is 3.37. The molecule has 35 heavy (non-hydrogen) atoms. The summed E-state index contributed by atoms with van der Waals surface area (Å²) in [5, 5.41) is 8.87. The molecule has 9 heteroatoms. The first kappa shape index (κ1) is 22.6. The Labute approximate surface area is 201 Å². The van der Waals surface area contributed by atoms with Gasteiger partial charge in [0.1, 0.15) is 12.4 Å². The molecule has 0 atom stereocenters. The third-order valence-corrected chi connectivity index (χ3v) is 6.27. The lowest BCUT2D eigenvalue weighted by atomic mass is 10.1. The van der Waals surface area contributed by atoms with Crippen molar-refractivity contribution in [2.45, 2.75) is 33.4 Å². The van der Waals surface area contributed by atoms with Crippen molar-refractivity contribution in [1.82, 2.24) is 28.3 Å². The largest absolute Gasteiger partial charge is 0.489 e. The number of benzene rings is 2. The Hall–Kier alpha value is -4.14. The molecule has 0 fully saturated rings. The molecule has 3 heterocycles. The number of aromatic nitrogens is 6. The number of ether oxygens (including phenoxy) is 1. The number of imidazole rings is 1. The topological polar surface area (TPSA) is 88.4 Å². The fourth-order valence-electron chi connectivity index (χ4n) is 4.28. The van der Waals surface area contributed by atoms with Crippen LogP contribution in [-0.2, 0) is 27.2 Å². The van der Waals surface area contributed by atoms with Crippen LogP contribution in [-0.4, -0.2) is 28.3 Å². The van der Waals surface area contributed by atoms with E-state index in [1.165, 1.54) is 11.6 Å². The zero-order valence-electron chi connectivity index (χ0n) is 20.3. The Kier molecular flexibility index (Phi) is 5.76. The molecule has 0 saturated heterocycles. The van der Waals surface area contributed by atoms with E-state index in [1.54, 1.807) is 11.4 Å². The van der Waals surface area contributed by atoms with Crippen LogP contribution in [0.25, 0.3) is 28.3 Å².